The Bertz CT molecular complexity index is 290. The molecule has 0 aromatic heterocycles. The lowest BCUT2D eigenvalue weighted by Crippen LogP contribution is -2.19. The van der Waals surface area contributed by atoms with Crippen molar-refractivity contribution in [1.29, 1.82) is 0 Å². The van der Waals surface area contributed by atoms with Crippen LogP contribution in [0.4, 0.5) is 5.69 Å². The number of hydrogen-bond acceptors (Lipinski definition) is 2. The van der Waals surface area contributed by atoms with E-state index in [4.69, 9.17) is 0 Å². The third kappa shape index (κ3) is 3.86. The second kappa shape index (κ2) is 6.54. The van der Waals surface area contributed by atoms with Crippen molar-refractivity contribution in [2.45, 2.75) is 32.7 Å². The van der Waals surface area contributed by atoms with Gasteiger partial charge in [-0.05, 0) is 37.6 Å². The molecule has 1 N–H and O–H groups in total. The number of nitrogens with zero attached hydrogens (tertiary/aromatic N) is 1. The molecule has 2 nitrogen and oxygen atoms in total. The van der Waals surface area contributed by atoms with Crippen LogP contribution in [-0.2, 0) is 0 Å². The molecule has 1 unspecified atom stereocenters. The summed E-state index contributed by atoms with van der Waals surface area (Å²) in [5.41, 5.74) is 2.62. The number of benzene rings is 1. The molecule has 16 heavy (non-hydrogen) atoms. The van der Waals surface area contributed by atoms with Crippen LogP contribution in [0.2, 0.25) is 0 Å². The molecule has 0 aliphatic carbocycles. The van der Waals surface area contributed by atoms with E-state index in [9.17, 15) is 0 Å². The Labute approximate surface area is 99.7 Å². The second-order valence-corrected chi connectivity index (χ2v) is 4.52. The molecule has 0 radical (unpaired) electrons. The lowest BCUT2D eigenvalue weighted by atomic mass is 10.1. The van der Waals surface area contributed by atoms with E-state index in [0.717, 1.165) is 6.54 Å². The molecule has 0 heterocycles. The van der Waals surface area contributed by atoms with Gasteiger partial charge in [-0.25, -0.2) is 0 Å². The minimum Gasteiger partial charge on any atom is -0.378 e. The molecule has 0 fully saturated rings. The van der Waals surface area contributed by atoms with Gasteiger partial charge in [-0.1, -0.05) is 25.5 Å². The predicted octanol–water partition coefficient (Wildman–Crippen LogP) is 3.20. The van der Waals surface area contributed by atoms with Gasteiger partial charge < -0.3 is 10.2 Å². The van der Waals surface area contributed by atoms with Crippen molar-refractivity contribution in [1.82, 2.24) is 5.32 Å². The van der Waals surface area contributed by atoms with Crippen molar-refractivity contribution >= 4 is 5.69 Å². The molecule has 1 atom stereocenters. The molecule has 1 aromatic carbocycles. The SMILES string of the molecule is CCCCNC(C)c1ccc(N(C)C)cc1. The number of nitrogens with one attached hydrogen (secondary N) is 1. The zero-order chi connectivity index (χ0) is 12.0. The Morgan fingerprint density at radius 2 is 1.81 bits per heavy atom. The predicted molar refractivity (Wildman–Crippen MR) is 72.1 cm³/mol. The number of hydrogen-bond donors (Lipinski definition) is 1. The van der Waals surface area contributed by atoms with Gasteiger partial charge in [0.1, 0.15) is 0 Å². The maximum Gasteiger partial charge on any atom is 0.0361 e. The summed E-state index contributed by atoms with van der Waals surface area (Å²) in [6.07, 6.45) is 2.50. The van der Waals surface area contributed by atoms with Crippen molar-refractivity contribution in [3.05, 3.63) is 29.8 Å². The fourth-order valence-corrected chi connectivity index (χ4v) is 1.67. The van der Waals surface area contributed by atoms with Crippen LogP contribution in [0.5, 0.6) is 0 Å². The van der Waals surface area contributed by atoms with Crippen LogP contribution in [0, 0.1) is 0 Å². The van der Waals surface area contributed by atoms with Crippen LogP contribution >= 0.6 is 0 Å². The summed E-state index contributed by atoms with van der Waals surface area (Å²) in [4.78, 5) is 2.12. The monoisotopic (exact) mass is 220 g/mol. The van der Waals surface area contributed by atoms with Crippen LogP contribution < -0.4 is 10.2 Å². The maximum absolute atomic E-state index is 3.53. The molecule has 1 aromatic rings. The molecule has 0 saturated carbocycles. The molecular weight excluding hydrogens is 196 g/mol. The van der Waals surface area contributed by atoms with Gasteiger partial charge in [-0.3, -0.25) is 0 Å². The largest absolute Gasteiger partial charge is 0.378 e. The molecule has 0 saturated heterocycles. The quantitative estimate of drug-likeness (QED) is 0.741. The van der Waals surface area contributed by atoms with Gasteiger partial charge >= 0.3 is 0 Å². The first-order valence-corrected chi connectivity index (χ1v) is 6.15. The summed E-state index contributed by atoms with van der Waals surface area (Å²) in [6, 6.07) is 9.21. The van der Waals surface area contributed by atoms with Crippen molar-refractivity contribution in [3.8, 4) is 0 Å². The minimum absolute atomic E-state index is 0.447. The highest BCUT2D eigenvalue weighted by Gasteiger charge is 2.04. The third-order valence-electron chi connectivity index (χ3n) is 2.89. The summed E-state index contributed by atoms with van der Waals surface area (Å²) in [7, 11) is 4.13. The van der Waals surface area contributed by atoms with E-state index in [0.29, 0.717) is 6.04 Å². The van der Waals surface area contributed by atoms with Gasteiger partial charge in [0.2, 0.25) is 0 Å². The lowest BCUT2D eigenvalue weighted by Gasteiger charge is -2.16. The van der Waals surface area contributed by atoms with Crippen molar-refractivity contribution in [2.75, 3.05) is 25.5 Å². The third-order valence-corrected chi connectivity index (χ3v) is 2.89. The summed E-state index contributed by atoms with van der Waals surface area (Å²) < 4.78 is 0. The van der Waals surface area contributed by atoms with Crippen LogP contribution in [0.15, 0.2) is 24.3 Å². The van der Waals surface area contributed by atoms with Crippen LogP contribution in [0.3, 0.4) is 0 Å². The van der Waals surface area contributed by atoms with E-state index in [-0.39, 0.29) is 0 Å². The summed E-state index contributed by atoms with van der Waals surface area (Å²) >= 11 is 0. The molecule has 1 rings (SSSR count). The molecular formula is C14H24N2. The molecule has 0 amide bonds. The van der Waals surface area contributed by atoms with Crippen LogP contribution in [0.25, 0.3) is 0 Å². The Balaban J connectivity index is 2.52. The average Bonchev–Trinajstić information content (AvgIpc) is 2.29. The zero-order valence-electron chi connectivity index (χ0n) is 11.0. The van der Waals surface area contributed by atoms with E-state index in [1.807, 2.05) is 0 Å². The molecule has 0 spiro atoms. The van der Waals surface area contributed by atoms with Crippen LogP contribution in [0.1, 0.15) is 38.3 Å². The molecule has 90 valence electrons. The first kappa shape index (κ1) is 13.0. The average molecular weight is 220 g/mol. The van der Waals surface area contributed by atoms with E-state index in [1.54, 1.807) is 0 Å². The fourth-order valence-electron chi connectivity index (χ4n) is 1.67. The molecule has 0 aliphatic heterocycles. The summed E-state index contributed by atoms with van der Waals surface area (Å²) in [5.74, 6) is 0. The minimum atomic E-state index is 0.447. The van der Waals surface area contributed by atoms with Gasteiger partial charge in [0.05, 0.1) is 0 Å². The highest BCUT2D eigenvalue weighted by molar-refractivity contribution is 5.46. The van der Waals surface area contributed by atoms with Gasteiger partial charge in [0.15, 0.2) is 0 Å². The Morgan fingerprint density at radius 3 is 2.31 bits per heavy atom. The van der Waals surface area contributed by atoms with Crippen molar-refractivity contribution in [2.24, 2.45) is 0 Å². The maximum atomic E-state index is 3.53. The summed E-state index contributed by atoms with van der Waals surface area (Å²) in [5, 5.41) is 3.53. The van der Waals surface area contributed by atoms with E-state index >= 15 is 0 Å². The molecule has 2 heteroatoms. The highest BCUT2D eigenvalue weighted by atomic mass is 15.1. The number of unbranched alkanes of at least 4 members (excludes halogenated alkanes) is 1. The van der Waals surface area contributed by atoms with Crippen molar-refractivity contribution < 1.29 is 0 Å². The van der Waals surface area contributed by atoms with E-state index in [2.05, 4.69) is 62.4 Å². The van der Waals surface area contributed by atoms with Crippen molar-refractivity contribution in [3.63, 3.8) is 0 Å². The first-order valence-electron chi connectivity index (χ1n) is 6.15. The van der Waals surface area contributed by atoms with Gasteiger partial charge in [0, 0.05) is 25.8 Å². The second-order valence-electron chi connectivity index (χ2n) is 4.52. The molecule has 0 bridgehead atoms. The number of anilines is 1. The Hall–Kier alpha value is -1.02. The molecule has 0 aliphatic rings. The van der Waals surface area contributed by atoms with E-state index in [1.165, 1.54) is 24.1 Å². The fraction of sp³-hybridized carbons (Fsp3) is 0.571. The topological polar surface area (TPSA) is 15.3 Å². The zero-order valence-corrected chi connectivity index (χ0v) is 11.0. The Kier molecular flexibility index (Phi) is 5.33. The van der Waals surface area contributed by atoms with Gasteiger partial charge in [-0.2, -0.15) is 0 Å². The first-order chi connectivity index (χ1) is 7.65. The van der Waals surface area contributed by atoms with Gasteiger partial charge in [-0.15, -0.1) is 0 Å². The van der Waals surface area contributed by atoms with Gasteiger partial charge in [0.25, 0.3) is 0 Å². The highest BCUT2D eigenvalue weighted by Crippen LogP contribution is 2.17. The smallest absolute Gasteiger partial charge is 0.0361 e. The lowest BCUT2D eigenvalue weighted by molar-refractivity contribution is 0.554. The number of rotatable bonds is 6. The van der Waals surface area contributed by atoms with Crippen LogP contribution in [-0.4, -0.2) is 20.6 Å². The normalized spacial score (nSPS) is 12.5. The van der Waals surface area contributed by atoms with E-state index < -0.39 is 0 Å². The summed E-state index contributed by atoms with van der Waals surface area (Å²) in [6.45, 7) is 5.55. The standard InChI is InChI=1S/C14H24N2/c1-5-6-11-15-12(2)13-7-9-14(10-8-13)16(3)4/h7-10,12,15H,5-6,11H2,1-4H3. The Morgan fingerprint density at radius 1 is 1.19 bits per heavy atom.